The molecule has 1 aliphatic rings. The number of aromatic nitrogens is 2. The number of hydrogen-bond acceptors (Lipinski definition) is 5. The van der Waals surface area contributed by atoms with Crippen molar-refractivity contribution in [2.24, 2.45) is 0 Å². The van der Waals surface area contributed by atoms with Crippen LogP contribution in [-0.4, -0.2) is 41.0 Å². The molecule has 0 aromatic carbocycles. The molecule has 3 rings (SSSR count). The standard InChI is InChI=1S/C15H20N4S/c1-13-9-15(3-4-16-13)19-6-2-5-18(7-8-19)10-14-11-20-12-17-14/h3-4,9,11-12H,2,5-8,10H2,1H3. The number of aryl methyl sites for hydroxylation is 1. The zero-order valence-corrected chi connectivity index (χ0v) is 12.6. The molecule has 1 aliphatic heterocycles. The summed E-state index contributed by atoms with van der Waals surface area (Å²) in [6, 6.07) is 4.29. The van der Waals surface area contributed by atoms with Gasteiger partial charge in [0.25, 0.3) is 0 Å². The molecule has 1 fully saturated rings. The van der Waals surface area contributed by atoms with E-state index in [2.05, 4.69) is 44.2 Å². The van der Waals surface area contributed by atoms with Gasteiger partial charge in [0.15, 0.2) is 0 Å². The average Bonchev–Trinajstić information content (AvgIpc) is 2.84. The van der Waals surface area contributed by atoms with Crippen LogP contribution in [0, 0.1) is 6.92 Å². The molecule has 4 nitrogen and oxygen atoms in total. The maximum Gasteiger partial charge on any atom is 0.0795 e. The number of nitrogens with zero attached hydrogens (tertiary/aromatic N) is 4. The largest absolute Gasteiger partial charge is 0.370 e. The van der Waals surface area contributed by atoms with Gasteiger partial charge in [-0.25, -0.2) is 4.98 Å². The first-order valence-electron chi connectivity index (χ1n) is 7.08. The molecule has 3 heterocycles. The normalized spacial score (nSPS) is 17.1. The number of hydrogen-bond donors (Lipinski definition) is 0. The molecule has 0 N–H and O–H groups in total. The van der Waals surface area contributed by atoms with Gasteiger partial charge in [0.1, 0.15) is 0 Å². The summed E-state index contributed by atoms with van der Waals surface area (Å²) in [4.78, 5) is 13.6. The minimum absolute atomic E-state index is 0.979. The highest BCUT2D eigenvalue weighted by molar-refractivity contribution is 7.07. The highest BCUT2D eigenvalue weighted by Crippen LogP contribution is 2.17. The van der Waals surface area contributed by atoms with Gasteiger partial charge in [-0.1, -0.05) is 0 Å². The monoisotopic (exact) mass is 288 g/mol. The van der Waals surface area contributed by atoms with E-state index in [4.69, 9.17) is 0 Å². The average molecular weight is 288 g/mol. The molecule has 0 unspecified atom stereocenters. The first kappa shape index (κ1) is 13.5. The summed E-state index contributed by atoms with van der Waals surface area (Å²) in [7, 11) is 0. The number of rotatable bonds is 3. The van der Waals surface area contributed by atoms with Crippen molar-refractivity contribution in [3.63, 3.8) is 0 Å². The van der Waals surface area contributed by atoms with E-state index < -0.39 is 0 Å². The maximum absolute atomic E-state index is 4.38. The van der Waals surface area contributed by atoms with Crippen molar-refractivity contribution in [2.75, 3.05) is 31.1 Å². The molecule has 0 bridgehead atoms. The Bertz CT molecular complexity index is 541. The van der Waals surface area contributed by atoms with E-state index in [0.717, 1.165) is 38.4 Å². The van der Waals surface area contributed by atoms with E-state index in [1.54, 1.807) is 11.3 Å². The second kappa shape index (κ2) is 6.33. The molecule has 20 heavy (non-hydrogen) atoms. The topological polar surface area (TPSA) is 32.3 Å². The van der Waals surface area contributed by atoms with Crippen LogP contribution in [0.25, 0.3) is 0 Å². The van der Waals surface area contributed by atoms with E-state index in [1.165, 1.54) is 17.8 Å². The fourth-order valence-electron chi connectivity index (χ4n) is 2.66. The predicted molar refractivity (Wildman–Crippen MR) is 83.2 cm³/mol. The quantitative estimate of drug-likeness (QED) is 0.869. The van der Waals surface area contributed by atoms with Crippen LogP contribution in [-0.2, 0) is 6.54 Å². The number of thiazole rings is 1. The van der Waals surface area contributed by atoms with Crippen LogP contribution in [0.15, 0.2) is 29.2 Å². The molecule has 0 aliphatic carbocycles. The lowest BCUT2D eigenvalue weighted by molar-refractivity contribution is 0.282. The molecule has 106 valence electrons. The van der Waals surface area contributed by atoms with Crippen LogP contribution in [0.2, 0.25) is 0 Å². The van der Waals surface area contributed by atoms with Crippen molar-refractivity contribution in [1.29, 1.82) is 0 Å². The van der Waals surface area contributed by atoms with E-state index in [0.29, 0.717) is 0 Å². The van der Waals surface area contributed by atoms with Gasteiger partial charge in [-0.2, -0.15) is 0 Å². The summed E-state index contributed by atoms with van der Waals surface area (Å²) in [6.07, 6.45) is 3.11. The summed E-state index contributed by atoms with van der Waals surface area (Å²) in [6.45, 7) is 7.48. The Hall–Kier alpha value is -1.46. The SMILES string of the molecule is Cc1cc(N2CCCN(Cc3cscn3)CC2)ccn1. The summed E-state index contributed by atoms with van der Waals surface area (Å²) in [5.41, 5.74) is 5.50. The lowest BCUT2D eigenvalue weighted by Gasteiger charge is -2.23. The van der Waals surface area contributed by atoms with Crippen molar-refractivity contribution in [3.8, 4) is 0 Å². The summed E-state index contributed by atoms with van der Waals surface area (Å²) < 4.78 is 0. The fraction of sp³-hybridized carbons (Fsp3) is 0.467. The highest BCUT2D eigenvalue weighted by Gasteiger charge is 2.16. The molecular weight excluding hydrogens is 268 g/mol. The summed E-state index contributed by atoms with van der Waals surface area (Å²) in [5.74, 6) is 0. The van der Waals surface area contributed by atoms with Crippen molar-refractivity contribution in [3.05, 3.63) is 40.6 Å². The van der Waals surface area contributed by atoms with Crippen LogP contribution in [0.4, 0.5) is 5.69 Å². The molecular formula is C15H20N4S. The lowest BCUT2D eigenvalue weighted by atomic mass is 10.3. The smallest absolute Gasteiger partial charge is 0.0795 e. The number of pyridine rings is 1. The fourth-order valence-corrected chi connectivity index (χ4v) is 3.21. The first-order chi connectivity index (χ1) is 9.81. The van der Waals surface area contributed by atoms with Gasteiger partial charge in [-0.3, -0.25) is 9.88 Å². The molecule has 0 atom stereocenters. The lowest BCUT2D eigenvalue weighted by Crippen LogP contribution is -2.30. The van der Waals surface area contributed by atoms with Crippen LogP contribution in [0.3, 0.4) is 0 Å². The molecule has 0 amide bonds. The van der Waals surface area contributed by atoms with Gasteiger partial charge < -0.3 is 4.90 Å². The molecule has 0 radical (unpaired) electrons. The van der Waals surface area contributed by atoms with Crippen LogP contribution in [0.5, 0.6) is 0 Å². The van der Waals surface area contributed by atoms with Crippen LogP contribution < -0.4 is 4.90 Å². The molecule has 2 aromatic rings. The maximum atomic E-state index is 4.38. The van der Waals surface area contributed by atoms with Crippen LogP contribution in [0.1, 0.15) is 17.8 Å². The Morgan fingerprint density at radius 2 is 2.15 bits per heavy atom. The van der Waals surface area contributed by atoms with Gasteiger partial charge in [0.2, 0.25) is 0 Å². The minimum atomic E-state index is 0.979. The zero-order chi connectivity index (χ0) is 13.8. The first-order valence-corrected chi connectivity index (χ1v) is 8.02. The summed E-state index contributed by atoms with van der Waals surface area (Å²) in [5, 5.41) is 2.15. The molecule has 2 aromatic heterocycles. The molecule has 5 heteroatoms. The van der Waals surface area contributed by atoms with Gasteiger partial charge in [-0.05, 0) is 25.5 Å². The van der Waals surface area contributed by atoms with E-state index in [1.807, 2.05) is 11.7 Å². The van der Waals surface area contributed by atoms with E-state index in [9.17, 15) is 0 Å². The Labute approximate surface area is 124 Å². The van der Waals surface area contributed by atoms with E-state index >= 15 is 0 Å². The number of anilines is 1. The Morgan fingerprint density at radius 3 is 2.95 bits per heavy atom. The van der Waals surface area contributed by atoms with Gasteiger partial charge >= 0.3 is 0 Å². The third-order valence-corrected chi connectivity index (χ3v) is 4.34. The second-order valence-electron chi connectivity index (χ2n) is 5.25. The van der Waals surface area contributed by atoms with Gasteiger partial charge in [-0.15, -0.1) is 11.3 Å². The summed E-state index contributed by atoms with van der Waals surface area (Å²) >= 11 is 1.68. The van der Waals surface area contributed by atoms with Gasteiger partial charge in [0.05, 0.1) is 11.2 Å². The molecule has 1 saturated heterocycles. The molecule has 0 spiro atoms. The van der Waals surface area contributed by atoms with Crippen LogP contribution >= 0.6 is 11.3 Å². The van der Waals surface area contributed by atoms with E-state index in [-0.39, 0.29) is 0 Å². The Morgan fingerprint density at radius 1 is 1.20 bits per heavy atom. The van der Waals surface area contributed by atoms with Gasteiger partial charge in [0, 0.05) is 55.7 Å². The second-order valence-corrected chi connectivity index (χ2v) is 5.97. The third-order valence-electron chi connectivity index (χ3n) is 3.70. The van der Waals surface area contributed by atoms with Crippen molar-refractivity contribution in [1.82, 2.24) is 14.9 Å². The predicted octanol–water partition coefficient (Wildman–Crippen LogP) is 2.56. The Kier molecular flexibility index (Phi) is 4.28. The third kappa shape index (κ3) is 3.35. The molecule has 0 saturated carbocycles. The van der Waals surface area contributed by atoms with Crippen molar-refractivity contribution >= 4 is 17.0 Å². The zero-order valence-electron chi connectivity index (χ0n) is 11.8. The Balaban J connectivity index is 1.62. The highest BCUT2D eigenvalue weighted by atomic mass is 32.1. The van der Waals surface area contributed by atoms with Crippen molar-refractivity contribution in [2.45, 2.75) is 19.9 Å². The van der Waals surface area contributed by atoms with Crippen molar-refractivity contribution < 1.29 is 0 Å². The minimum Gasteiger partial charge on any atom is -0.370 e.